The zero-order chi connectivity index (χ0) is 14.3. The normalized spacial score (nSPS) is 20.5. The molecule has 2 unspecified atom stereocenters. The minimum atomic E-state index is -0.737. The largest absolute Gasteiger partial charge is 0.481 e. The molecule has 19 heavy (non-hydrogen) atoms. The molecule has 0 bridgehead atoms. The third-order valence-electron chi connectivity index (χ3n) is 4.11. The van der Waals surface area contributed by atoms with Crippen LogP contribution in [-0.2, 0) is 9.59 Å². The van der Waals surface area contributed by atoms with Crippen molar-refractivity contribution in [1.29, 1.82) is 0 Å². The highest BCUT2D eigenvalue weighted by atomic mass is 16.4. The number of amides is 1. The molecule has 0 spiro atoms. The Hall–Kier alpha value is -1.06. The van der Waals surface area contributed by atoms with Gasteiger partial charge in [-0.25, -0.2) is 0 Å². The maximum atomic E-state index is 12.4. The average Bonchev–Trinajstić information content (AvgIpc) is 2.85. The summed E-state index contributed by atoms with van der Waals surface area (Å²) < 4.78 is 0. The number of unbranched alkanes of at least 4 members (excludes halogenated alkanes) is 1. The first-order valence-corrected chi connectivity index (χ1v) is 7.59. The summed E-state index contributed by atoms with van der Waals surface area (Å²) in [4.78, 5) is 24.9. The van der Waals surface area contributed by atoms with Gasteiger partial charge < -0.3 is 10.0 Å². The van der Waals surface area contributed by atoms with Crippen LogP contribution in [-0.4, -0.2) is 35.0 Å². The van der Waals surface area contributed by atoms with Gasteiger partial charge in [0, 0.05) is 25.4 Å². The van der Waals surface area contributed by atoms with Gasteiger partial charge in [-0.1, -0.05) is 26.7 Å². The predicted molar refractivity (Wildman–Crippen MR) is 74.9 cm³/mol. The average molecular weight is 269 g/mol. The molecule has 1 N–H and O–H groups in total. The van der Waals surface area contributed by atoms with E-state index >= 15 is 0 Å². The first-order chi connectivity index (χ1) is 9.08. The molecule has 1 aliphatic heterocycles. The zero-order valence-corrected chi connectivity index (χ0v) is 12.2. The van der Waals surface area contributed by atoms with Gasteiger partial charge in [0.15, 0.2) is 0 Å². The van der Waals surface area contributed by atoms with E-state index in [2.05, 4.69) is 13.8 Å². The van der Waals surface area contributed by atoms with Crippen molar-refractivity contribution in [3.05, 3.63) is 0 Å². The predicted octanol–water partition coefficient (Wildman–Crippen LogP) is 2.92. The number of aliphatic carboxylic acids is 1. The molecule has 4 nitrogen and oxygen atoms in total. The topological polar surface area (TPSA) is 57.6 Å². The Balaban J connectivity index is 2.39. The van der Waals surface area contributed by atoms with Crippen LogP contribution in [0.5, 0.6) is 0 Å². The van der Waals surface area contributed by atoms with E-state index in [1.807, 2.05) is 4.90 Å². The van der Waals surface area contributed by atoms with Gasteiger partial charge in [0.05, 0.1) is 0 Å². The van der Waals surface area contributed by atoms with Crippen LogP contribution in [0.2, 0.25) is 0 Å². The van der Waals surface area contributed by atoms with Gasteiger partial charge in [-0.2, -0.15) is 0 Å². The summed E-state index contributed by atoms with van der Waals surface area (Å²) >= 11 is 0. The molecule has 0 aliphatic carbocycles. The molecule has 4 heteroatoms. The molecule has 0 saturated carbocycles. The van der Waals surface area contributed by atoms with E-state index in [0.29, 0.717) is 12.3 Å². The molecule has 110 valence electrons. The van der Waals surface area contributed by atoms with E-state index in [9.17, 15) is 9.59 Å². The highest BCUT2D eigenvalue weighted by Crippen LogP contribution is 2.24. The van der Waals surface area contributed by atoms with E-state index in [-0.39, 0.29) is 18.2 Å². The third kappa shape index (κ3) is 5.21. The van der Waals surface area contributed by atoms with Crippen LogP contribution in [0.3, 0.4) is 0 Å². The number of carbonyl (C=O) groups excluding carboxylic acids is 1. The maximum Gasteiger partial charge on any atom is 0.303 e. The second-order valence-corrected chi connectivity index (χ2v) is 5.62. The molecule has 1 saturated heterocycles. The summed E-state index contributed by atoms with van der Waals surface area (Å²) in [5.74, 6) is 0.0924. The summed E-state index contributed by atoms with van der Waals surface area (Å²) in [7, 11) is 0. The summed E-state index contributed by atoms with van der Waals surface area (Å²) in [5.41, 5.74) is 0. The van der Waals surface area contributed by atoms with Crippen molar-refractivity contribution in [2.45, 2.75) is 58.8 Å². The smallest absolute Gasteiger partial charge is 0.303 e. The lowest BCUT2D eigenvalue weighted by Crippen LogP contribution is -2.34. The lowest BCUT2D eigenvalue weighted by atomic mass is 9.98. The van der Waals surface area contributed by atoms with Crippen LogP contribution in [0.4, 0.5) is 0 Å². The maximum absolute atomic E-state index is 12.4. The van der Waals surface area contributed by atoms with Crippen molar-refractivity contribution in [2.24, 2.45) is 11.8 Å². The zero-order valence-electron chi connectivity index (χ0n) is 12.2. The Bertz CT molecular complexity index is 304. The Morgan fingerprint density at radius 3 is 2.68 bits per heavy atom. The molecule has 1 heterocycles. The number of likely N-dealkylation sites (tertiary alicyclic amines) is 1. The molecule has 0 aromatic carbocycles. The van der Waals surface area contributed by atoms with Crippen LogP contribution in [0, 0.1) is 11.8 Å². The fourth-order valence-corrected chi connectivity index (χ4v) is 2.81. The molecular weight excluding hydrogens is 242 g/mol. The van der Waals surface area contributed by atoms with Gasteiger partial charge in [-0.3, -0.25) is 9.59 Å². The second-order valence-electron chi connectivity index (χ2n) is 5.62. The monoisotopic (exact) mass is 269 g/mol. The number of rotatable bonds is 8. The number of carbonyl (C=O) groups is 2. The summed E-state index contributed by atoms with van der Waals surface area (Å²) in [5, 5.41) is 8.69. The van der Waals surface area contributed by atoms with Crippen molar-refractivity contribution in [3.63, 3.8) is 0 Å². The van der Waals surface area contributed by atoms with Gasteiger partial charge in [-0.05, 0) is 31.6 Å². The quantitative estimate of drug-likeness (QED) is 0.737. The number of carboxylic acid groups (broad SMARTS) is 1. The van der Waals surface area contributed by atoms with Crippen molar-refractivity contribution in [3.8, 4) is 0 Å². The van der Waals surface area contributed by atoms with E-state index in [1.54, 1.807) is 0 Å². The Morgan fingerprint density at radius 2 is 2.11 bits per heavy atom. The Labute approximate surface area is 116 Å². The molecule has 0 aromatic heterocycles. The van der Waals surface area contributed by atoms with Gasteiger partial charge >= 0.3 is 5.97 Å². The first-order valence-electron chi connectivity index (χ1n) is 7.59. The number of carboxylic acids is 1. The molecule has 1 rings (SSSR count). The lowest BCUT2D eigenvalue weighted by Gasteiger charge is -2.22. The minimum Gasteiger partial charge on any atom is -0.481 e. The standard InChI is InChI=1S/C15H27NO3/c1-3-5-6-13(4-2)15(19)16-10-9-12(11-16)7-8-14(17)18/h12-13H,3-11H2,1-2H3,(H,17,18). The van der Waals surface area contributed by atoms with Crippen LogP contribution in [0.15, 0.2) is 0 Å². The Morgan fingerprint density at radius 1 is 1.37 bits per heavy atom. The van der Waals surface area contributed by atoms with Crippen LogP contribution in [0.1, 0.15) is 58.8 Å². The van der Waals surface area contributed by atoms with Crippen LogP contribution < -0.4 is 0 Å². The number of nitrogens with zero attached hydrogens (tertiary/aromatic N) is 1. The molecule has 1 aliphatic rings. The molecule has 0 aromatic rings. The van der Waals surface area contributed by atoms with Gasteiger partial charge in [0.25, 0.3) is 0 Å². The first kappa shape index (κ1) is 16.0. The number of hydrogen-bond donors (Lipinski definition) is 1. The molecule has 0 radical (unpaired) electrons. The van der Waals surface area contributed by atoms with Gasteiger partial charge in [0.2, 0.25) is 5.91 Å². The van der Waals surface area contributed by atoms with Crippen LogP contribution in [0.25, 0.3) is 0 Å². The Kier molecular flexibility index (Phi) is 6.89. The summed E-state index contributed by atoms with van der Waals surface area (Å²) in [6.45, 7) is 5.80. The van der Waals surface area contributed by atoms with Crippen molar-refractivity contribution < 1.29 is 14.7 Å². The summed E-state index contributed by atoms with van der Waals surface area (Å²) in [6.07, 6.45) is 6.02. The SMILES string of the molecule is CCCCC(CC)C(=O)N1CCC(CCC(=O)O)C1. The van der Waals surface area contributed by atoms with E-state index in [0.717, 1.165) is 45.2 Å². The third-order valence-corrected chi connectivity index (χ3v) is 4.11. The molecule has 1 fully saturated rings. The van der Waals surface area contributed by atoms with E-state index < -0.39 is 5.97 Å². The lowest BCUT2D eigenvalue weighted by molar-refractivity contribution is -0.137. The second kappa shape index (κ2) is 8.18. The molecule has 2 atom stereocenters. The van der Waals surface area contributed by atoms with Gasteiger partial charge in [-0.15, -0.1) is 0 Å². The summed E-state index contributed by atoms with van der Waals surface area (Å²) in [6, 6.07) is 0. The minimum absolute atomic E-state index is 0.165. The number of hydrogen-bond acceptors (Lipinski definition) is 2. The van der Waals surface area contributed by atoms with Gasteiger partial charge in [0.1, 0.15) is 0 Å². The van der Waals surface area contributed by atoms with E-state index in [4.69, 9.17) is 5.11 Å². The van der Waals surface area contributed by atoms with Crippen LogP contribution >= 0.6 is 0 Å². The van der Waals surface area contributed by atoms with E-state index in [1.165, 1.54) is 0 Å². The van der Waals surface area contributed by atoms with Crippen molar-refractivity contribution in [1.82, 2.24) is 4.90 Å². The molecular formula is C15H27NO3. The highest BCUT2D eigenvalue weighted by molar-refractivity contribution is 5.79. The van der Waals surface area contributed by atoms with Crippen molar-refractivity contribution in [2.75, 3.05) is 13.1 Å². The highest BCUT2D eigenvalue weighted by Gasteiger charge is 2.29. The fourth-order valence-electron chi connectivity index (χ4n) is 2.81. The molecule has 1 amide bonds. The fraction of sp³-hybridized carbons (Fsp3) is 0.867. The van der Waals surface area contributed by atoms with Crippen molar-refractivity contribution >= 4 is 11.9 Å².